The van der Waals surface area contributed by atoms with E-state index in [4.69, 9.17) is 21.1 Å². The lowest BCUT2D eigenvalue weighted by atomic mass is 10.2. The second-order valence-corrected chi connectivity index (χ2v) is 5.97. The van der Waals surface area contributed by atoms with Crippen LogP contribution in [0.2, 0.25) is 5.02 Å². The van der Waals surface area contributed by atoms with Gasteiger partial charge in [-0.15, -0.1) is 0 Å². The maximum Gasteiger partial charge on any atom is 0.276 e. The molecule has 0 unspecified atom stereocenters. The average Bonchev–Trinajstić information content (AvgIpc) is 2.71. The highest BCUT2D eigenvalue weighted by Crippen LogP contribution is 2.25. The Kier molecular flexibility index (Phi) is 8.11. The maximum absolute atomic E-state index is 11.9. The lowest BCUT2D eigenvalue weighted by molar-refractivity contribution is -0.130. The molecular formula is C19H20ClN3O5. The molecule has 2 aromatic carbocycles. The minimum atomic E-state index is -0.556. The number of nitrogens with one attached hydrogen (secondary N) is 3. The second kappa shape index (κ2) is 10.8. The fourth-order valence-corrected chi connectivity index (χ4v) is 2.30. The van der Waals surface area contributed by atoms with Gasteiger partial charge in [-0.3, -0.25) is 25.2 Å². The van der Waals surface area contributed by atoms with Crippen molar-refractivity contribution < 1.29 is 23.9 Å². The highest BCUT2D eigenvalue weighted by molar-refractivity contribution is 6.33. The number of methoxy groups -OCH3 is 1. The van der Waals surface area contributed by atoms with Gasteiger partial charge < -0.3 is 14.8 Å². The predicted octanol–water partition coefficient (Wildman–Crippen LogP) is 2.29. The van der Waals surface area contributed by atoms with Gasteiger partial charge in [0.05, 0.1) is 17.8 Å². The Labute approximate surface area is 167 Å². The van der Waals surface area contributed by atoms with Crippen molar-refractivity contribution >= 4 is 35.0 Å². The van der Waals surface area contributed by atoms with Gasteiger partial charge in [0.15, 0.2) is 18.1 Å². The van der Waals surface area contributed by atoms with Crippen LogP contribution >= 0.6 is 11.6 Å². The van der Waals surface area contributed by atoms with E-state index in [0.29, 0.717) is 22.2 Å². The van der Waals surface area contributed by atoms with Gasteiger partial charge in [0.2, 0.25) is 11.8 Å². The molecule has 0 heterocycles. The molecule has 0 atom stereocenters. The number of halogens is 1. The summed E-state index contributed by atoms with van der Waals surface area (Å²) in [5.74, 6) is -0.541. The summed E-state index contributed by atoms with van der Waals surface area (Å²) in [6.07, 6.45) is -0.172. The summed E-state index contributed by atoms with van der Waals surface area (Å²) in [6, 6.07) is 13.6. The third-order valence-electron chi connectivity index (χ3n) is 3.50. The highest BCUT2D eigenvalue weighted by atomic mass is 35.5. The van der Waals surface area contributed by atoms with Gasteiger partial charge in [0, 0.05) is 12.8 Å². The van der Waals surface area contributed by atoms with Crippen LogP contribution in [0.5, 0.6) is 11.5 Å². The molecule has 0 radical (unpaired) electrons. The van der Waals surface area contributed by atoms with Gasteiger partial charge in [0.25, 0.3) is 5.91 Å². The molecule has 2 aromatic rings. The standard InChI is InChI=1S/C19H20ClN3O5/c1-27-15-8-4-5-9-16(15)28-12-19(26)23-22-18(25)11-10-17(24)21-14-7-3-2-6-13(14)20/h2-9H,10-12H2,1H3,(H,21,24)(H,22,25)(H,23,26). The topological polar surface area (TPSA) is 106 Å². The van der Waals surface area contributed by atoms with Crippen LogP contribution in [0.25, 0.3) is 0 Å². The Morgan fingerprint density at radius 3 is 2.18 bits per heavy atom. The van der Waals surface area contributed by atoms with E-state index in [1.54, 1.807) is 48.5 Å². The van der Waals surface area contributed by atoms with Gasteiger partial charge >= 0.3 is 0 Å². The van der Waals surface area contributed by atoms with Crippen LogP contribution < -0.4 is 25.6 Å². The Balaban J connectivity index is 1.67. The molecule has 0 aliphatic rings. The monoisotopic (exact) mass is 405 g/mol. The lowest BCUT2D eigenvalue weighted by Gasteiger charge is -2.11. The fraction of sp³-hybridized carbons (Fsp3) is 0.211. The van der Waals surface area contributed by atoms with Gasteiger partial charge in [-0.05, 0) is 24.3 Å². The first-order chi connectivity index (χ1) is 13.5. The van der Waals surface area contributed by atoms with E-state index >= 15 is 0 Å². The largest absolute Gasteiger partial charge is 0.493 e. The molecule has 2 rings (SSSR count). The lowest BCUT2D eigenvalue weighted by Crippen LogP contribution is -2.44. The summed E-state index contributed by atoms with van der Waals surface area (Å²) in [5.41, 5.74) is 4.91. The summed E-state index contributed by atoms with van der Waals surface area (Å²) in [4.78, 5) is 35.4. The molecule has 0 bridgehead atoms. The Morgan fingerprint density at radius 1 is 0.857 bits per heavy atom. The molecule has 3 N–H and O–H groups in total. The number of carbonyl (C=O) groups is 3. The molecule has 0 aromatic heterocycles. The Hall–Kier alpha value is -3.26. The van der Waals surface area contributed by atoms with Crippen LogP contribution in [0.15, 0.2) is 48.5 Å². The van der Waals surface area contributed by atoms with Crippen LogP contribution in [0.4, 0.5) is 5.69 Å². The number of para-hydroxylation sites is 3. The van der Waals surface area contributed by atoms with E-state index < -0.39 is 11.8 Å². The van der Waals surface area contributed by atoms with Crippen LogP contribution in [-0.4, -0.2) is 31.4 Å². The number of amides is 3. The van der Waals surface area contributed by atoms with Crippen molar-refractivity contribution in [1.29, 1.82) is 0 Å². The first kappa shape index (κ1) is 21.0. The first-order valence-corrected chi connectivity index (χ1v) is 8.75. The summed E-state index contributed by atoms with van der Waals surface area (Å²) in [6.45, 7) is -0.312. The number of rotatable bonds is 8. The summed E-state index contributed by atoms with van der Waals surface area (Å²) >= 11 is 5.95. The summed E-state index contributed by atoms with van der Waals surface area (Å²) < 4.78 is 10.4. The van der Waals surface area contributed by atoms with Crippen molar-refractivity contribution in [1.82, 2.24) is 10.9 Å². The number of carbonyl (C=O) groups excluding carboxylic acids is 3. The number of ether oxygens (including phenoxy) is 2. The second-order valence-electron chi connectivity index (χ2n) is 5.56. The van der Waals surface area contributed by atoms with Crippen molar-refractivity contribution in [3.63, 3.8) is 0 Å². The van der Waals surface area contributed by atoms with Crippen molar-refractivity contribution in [2.24, 2.45) is 0 Å². The number of benzene rings is 2. The number of anilines is 1. The van der Waals surface area contributed by atoms with Gasteiger partial charge in [-0.1, -0.05) is 35.9 Å². The summed E-state index contributed by atoms with van der Waals surface area (Å²) in [5, 5.41) is 3.01. The van der Waals surface area contributed by atoms with E-state index in [1.807, 2.05) is 0 Å². The molecule has 0 saturated carbocycles. The zero-order valence-corrected chi connectivity index (χ0v) is 15.9. The van der Waals surface area contributed by atoms with Crippen molar-refractivity contribution in [3.05, 3.63) is 53.6 Å². The van der Waals surface area contributed by atoms with Gasteiger partial charge in [-0.25, -0.2) is 0 Å². The first-order valence-electron chi connectivity index (χ1n) is 8.37. The molecule has 8 nitrogen and oxygen atoms in total. The number of hydrogen-bond donors (Lipinski definition) is 3. The molecule has 28 heavy (non-hydrogen) atoms. The molecule has 0 saturated heterocycles. The van der Waals surface area contributed by atoms with Crippen LogP contribution in [0.1, 0.15) is 12.8 Å². The minimum Gasteiger partial charge on any atom is -0.493 e. The van der Waals surface area contributed by atoms with Crippen LogP contribution in [-0.2, 0) is 14.4 Å². The van der Waals surface area contributed by atoms with Crippen molar-refractivity contribution in [3.8, 4) is 11.5 Å². The fourth-order valence-electron chi connectivity index (χ4n) is 2.12. The molecule has 0 aliphatic carbocycles. The van der Waals surface area contributed by atoms with Gasteiger partial charge in [0.1, 0.15) is 0 Å². The third kappa shape index (κ3) is 6.81. The smallest absolute Gasteiger partial charge is 0.276 e. The Morgan fingerprint density at radius 2 is 1.46 bits per heavy atom. The SMILES string of the molecule is COc1ccccc1OCC(=O)NNC(=O)CCC(=O)Nc1ccccc1Cl. The maximum atomic E-state index is 11.9. The predicted molar refractivity (Wildman–Crippen MR) is 104 cm³/mol. The van der Waals surface area contributed by atoms with Crippen molar-refractivity contribution in [2.75, 3.05) is 19.0 Å². The molecule has 148 valence electrons. The van der Waals surface area contributed by atoms with Gasteiger partial charge in [-0.2, -0.15) is 0 Å². The van der Waals surface area contributed by atoms with E-state index in [1.165, 1.54) is 7.11 Å². The third-order valence-corrected chi connectivity index (χ3v) is 3.83. The summed E-state index contributed by atoms with van der Waals surface area (Å²) in [7, 11) is 1.49. The van der Waals surface area contributed by atoms with E-state index in [0.717, 1.165) is 0 Å². The quantitative estimate of drug-likeness (QED) is 0.584. The molecule has 0 spiro atoms. The molecule has 0 aliphatic heterocycles. The number of hydrazine groups is 1. The van der Waals surface area contributed by atoms with Crippen LogP contribution in [0, 0.1) is 0 Å². The van der Waals surface area contributed by atoms with Crippen molar-refractivity contribution in [2.45, 2.75) is 12.8 Å². The molecular weight excluding hydrogens is 386 g/mol. The normalized spacial score (nSPS) is 9.93. The zero-order chi connectivity index (χ0) is 20.4. The minimum absolute atomic E-state index is 0.0648. The molecule has 0 fully saturated rings. The van der Waals surface area contributed by atoms with E-state index in [2.05, 4.69) is 16.2 Å². The number of hydrogen-bond acceptors (Lipinski definition) is 5. The average molecular weight is 406 g/mol. The van der Waals surface area contributed by atoms with E-state index in [-0.39, 0.29) is 25.4 Å². The van der Waals surface area contributed by atoms with Crippen LogP contribution in [0.3, 0.4) is 0 Å². The molecule has 9 heteroatoms. The van der Waals surface area contributed by atoms with E-state index in [9.17, 15) is 14.4 Å². The highest BCUT2D eigenvalue weighted by Gasteiger charge is 2.11. The zero-order valence-electron chi connectivity index (χ0n) is 15.2. The Bertz CT molecular complexity index is 844. The molecule has 3 amide bonds.